The maximum absolute atomic E-state index is 10.9. The molecule has 1 atom stereocenters. The van der Waals surface area contributed by atoms with Gasteiger partial charge in [-0.25, -0.2) is 9.78 Å². The van der Waals surface area contributed by atoms with E-state index in [0.29, 0.717) is 11.5 Å². The highest BCUT2D eigenvalue weighted by molar-refractivity contribution is 5.90. The second-order valence-corrected chi connectivity index (χ2v) is 4.99. The van der Waals surface area contributed by atoms with Crippen LogP contribution in [0.2, 0.25) is 0 Å². The smallest absolute Gasteiger partial charge is 0.337 e. The van der Waals surface area contributed by atoms with Crippen LogP contribution < -0.4 is 10.6 Å². The molecule has 3 rings (SSSR count). The van der Waals surface area contributed by atoms with Crippen molar-refractivity contribution in [2.24, 2.45) is 0 Å². The maximum atomic E-state index is 10.9. The summed E-state index contributed by atoms with van der Waals surface area (Å²) in [6.07, 6.45) is 2.28. The summed E-state index contributed by atoms with van der Waals surface area (Å²) < 4.78 is 0. The molecule has 0 radical (unpaired) electrons. The zero-order valence-corrected chi connectivity index (χ0v) is 11.1. The van der Waals surface area contributed by atoms with Crippen molar-refractivity contribution in [1.29, 1.82) is 0 Å². The first kappa shape index (κ1) is 12.5. The number of aromatic nitrogens is 1. The maximum Gasteiger partial charge on any atom is 0.337 e. The van der Waals surface area contributed by atoms with E-state index in [-0.39, 0.29) is 11.6 Å². The number of carbonyl (C=O) groups is 1. The lowest BCUT2D eigenvalue weighted by Gasteiger charge is -2.25. The van der Waals surface area contributed by atoms with Crippen LogP contribution in [0.3, 0.4) is 0 Å². The Morgan fingerprint density at radius 1 is 1.45 bits per heavy atom. The molecule has 1 aromatic heterocycles. The summed E-state index contributed by atoms with van der Waals surface area (Å²) in [4.78, 5) is 17.3. The summed E-state index contributed by atoms with van der Waals surface area (Å²) in [7, 11) is 0. The molecule has 3 N–H and O–H groups in total. The van der Waals surface area contributed by atoms with E-state index in [1.807, 2.05) is 18.2 Å². The molecule has 0 saturated heterocycles. The molecule has 1 aliphatic rings. The molecule has 0 saturated carbocycles. The Morgan fingerprint density at radius 2 is 2.20 bits per heavy atom. The van der Waals surface area contributed by atoms with Gasteiger partial charge in [-0.2, -0.15) is 0 Å². The molecule has 0 spiro atoms. The number of carboxylic acids is 1. The van der Waals surface area contributed by atoms with Crippen LogP contribution in [0.15, 0.2) is 36.5 Å². The molecule has 5 heteroatoms. The van der Waals surface area contributed by atoms with Gasteiger partial charge < -0.3 is 15.7 Å². The molecular formula is C15H15N3O2. The average molecular weight is 269 g/mol. The fourth-order valence-corrected chi connectivity index (χ4v) is 2.68. The third-order valence-corrected chi connectivity index (χ3v) is 3.58. The molecule has 5 nitrogen and oxygen atoms in total. The molecule has 2 aromatic rings. The first-order valence-electron chi connectivity index (χ1n) is 6.44. The fraction of sp³-hybridized carbons (Fsp3) is 0.200. The number of rotatable bonds is 2. The van der Waals surface area contributed by atoms with Gasteiger partial charge in [0.25, 0.3) is 0 Å². The Balaban J connectivity index is 2.07. The Kier molecular flexibility index (Phi) is 2.82. The summed E-state index contributed by atoms with van der Waals surface area (Å²) in [6.45, 7) is 2.10. The van der Waals surface area contributed by atoms with Gasteiger partial charge in [0, 0.05) is 17.9 Å². The molecule has 0 bridgehead atoms. The first-order valence-corrected chi connectivity index (χ1v) is 6.44. The highest BCUT2D eigenvalue weighted by atomic mass is 16.4. The molecule has 0 fully saturated rings. The van der Waals surface area contributed by atoms with Crippen molar-refractivity contribution in [3.8, 4) is 0 Å². The number of hydrogen-bond donors (Lipinski definition) is 2. The molecule has 20 heavy (non-hydrogen) atoms. The SMILES string of the molecule is CC1Cc2ccccc2N1c1ncc(C(=O)O)cc1N. The molecular weight excluding hydrogens is 254 g/mol. The topological polar surface area (TPSA) is 79.5 Å². The Hall–Kier alpha value is -2.56. The molecule has 0 aliphatic carbocycles. The first-order chi connectivity index (χ1) is 9.58. The minimum Gasteiger partial charge on any atom is -0.478 e. The van der Waals surface area contributed by atoms with E-state index in [2.05, 4.69) is 22.9 Å². The number of nitrogen functional groups attached to an aromatic ring is 1. The summed E-state index contributed by atoms with van der Waals surface area (Å²) in [5.41, 5.74) is 8.82. The number of benzene rings is 1. The molecule has 2 heterocycles. The van der Waals surface area contributed by atoms with Gasteiger partial charge in [-0.1, -0.05) is 18.2 Å². The standard InChI is InChI=1S/C15H15N3O2/c1-9-6-10-4-2-3-5-13(10)18(9)14-12(16)7-11(8-17-14)15(19)20/h2-5,7-9H,6,16H2,1H3,(H,19,20). The largest absolute Gasteiger partial charge is 0.478 e. The highest BCUT2D eigenvalue weighted by Crippen LogP contribution is 2.39. The van der Waals surface area contributed by atoms with E-state index in [1.165, 1.54) is 17.8 Å². The lowest BCUT2D eigenvalue weighted by atomic mass is 10.1. The minimum atomic E-state index is -1.02. The predicted octanol–water partition coefficient (Wildman–Crippen LogP) is 2.44. The van der Waals surface area contributed by atoms with Crippen LogP contribution in [0.4, 0.5) is 17.2 Å². The zero-order valence-electron chi connectivity index (χ0n) is 11.1. The van der Waals surface area contributed by atoms with Gasteiger partial charge in [0.2, 0.25) is 0 Å². The summed E-state index contributed by atoms with van der Waals surface area (Å²) in [6, 6.07) is 9.82. The molecule has 102 valence electrons. The van der Waals surface area contributed by atoms with Gasteiger partial charge in [0.05, 0.1) is 11.3 Å². The monoisotopic (exact) mass is 269 g/mol. The summed E-state index contributed by atoms with van der Waals surface area (Å²) in [5.74, 6) is -0.405. The number of fused-ring (bicyclic) bond motifs is 1. The van der Waals surface area contributed by atoms with Gasteiger partial charge in [0.15, 0.2) is 5.82 Å². The van der Waals surface area contributed by atoms with Crippen molar-refractivity contribution in [3.05, 3.63) is 47.7 Å². The van der Waals surface area contributed by atoms with Crippen LogP contribution in [0.5, 0.6) is 0 Å². The van der Waals surface area contributed by atoms with Crippen molar-refractivity contribution in [3.63, 3.8) is 0 Å². The van der Waals surface area contributed by atoms with Crippen LogP contribution in [-0.2, 0) is 6.42 Å². The number of pyridine rings is 1. The molecule has 1 unspecified atom stereocenters. The molecule has 1 aromatic carbocycles. The number of hydrogen-bond acceptors (Lipinski definition) is 4. The zero-order chi connectivity index (χ0) is 14.3. The van der Waals surface area contributed by atoms with Crippen molar-refractivity contribution in [2.75, 3.05) is 10.6 Å². The van der Waals surface area contributed by atoms with E-state index in [9.17, 15) is 4.79 Å². The number of carboxylic acid groups (broad SMARTS) is 1. The molecule has 1 aliphatic heterocycles. The van der Waals surface area contributed by atoms with Crippen molar-refractivity contribution in [1.82, 2.24) is 4.98 Å². The number of aromatic carboxylic acids is 1. The van der Waals surface area contributed by atoms with E-state index < -0.39 is 5.97 Å². The minimum absolute atomic E-state index is 0.103. The summed E-state index contributed by atoms with van der Waals surface area (Å²) in [5, 5.41) is 8.97. The van der Waals surface area contributed by atoms with Crippen molar-refractivity contribution >= 4 is 23.2 Å². The van der Waals surface area contributed by atoms with Gasteiger partial charge >= 0.3 is 5.97 Å². The second-order valence-electron chi connectivity index (χ2n) is 4.99. The van der Waals surface area contributed by atoms with E-state index in [0.717, 1.165) is 12.1 Å². The van der Waals surface area contributed by atoms with Crippen molar-refractivity contribution in [2.45, 2.75) is 19.4 Å². The number of nitrogens with two attached hydrogens (primary N) is 1. The lowest BCUT2D eigenvalue weighted by molar-refractivity contribution is 0.0696. The van der Waals surface area contributed by atoms with E-state index >= 15 is 0 Å². The predicted molar refractivity (Wildman–Crippen MR) is 77.4 cm³/mol. The van der Waals surface area contributed by atoms with Crippen LogP contribution >= 0.6 is 0 Å². The fourth-order valence-electron chi connectivity index (χ4n) is 2.68. The number of anilines is 3. The normalized spacial score (nSPS) is 17.1. The van der Waals surface area contributed by atoms with Crippen LogP contribution in [0.1, 0.15) is 22.8 Å². The van der Waals surface area contributed by atoms with Crippen LogP contribution in [-0.4, -0.2) is 22.1 Å². The quantitative estimate of drug-likeness (QED) is 0.875. The Labute approximate surface area is 116 Å². The highest BCUT2D eigenvalue weighted by Gasteiger charge is 2.29. The van der Waals surface area contributed by atoms with Crippen molar-refractivity contribution < 1.29 is 9.90 Å². The third kappa shape index (κ3) is 1.87. The van der Waals surface area contributed by atoms with Crippen LogP contribution in [0.25, 0.3) is 0 Å². The average Bonchev–Trinajstić information content (AvgIpc) is 2.74. The van der Waals surface area contributed by atoms with E-state index in [1.54, 1.807) is 0 Å². The second kappa shape index (κ2) is 4.52. The third-order valence-electron chi connectivity index (χ3n) is 3.58. The number of nitrogens with zero attached hydrogens (tertiary/aromatic N) is 2. The van der Waals surface area contributed by atoms with E-state index in [4.69, 9.17) is 10.8 Å². The van der Waals surface area contributed by atoms with Gasteiger partial charge in [-0.3, -0.25) is 0 Å². The molecule has 0 amide bonds. The Morgan fingerprint density at radius 3 is 2.90 bits per heavy atom. The summed E-state index contributed by atoms with van der Waals surface area (Å²) >= 11 is 0. The van der Waals surface area contributed by atoms with Gasteiger partial charge in [-0.15, -0.1) is 0 Å². The number of para-hydroxylation sites is 1. The van der Waals surface area contributed by atoms with Crippen LogP contribution in [0, 0.1) is 0 Å². The van der Waals surface area contributed by atoms with Gasteiger partial charge in [0.1, 0.15) is 0 Å². The Bertz CT molecular complexity index is 685. The lowest BCUT2D eigenvalue weighted by Crippen LogP contribution is -2.26. The van der Waals surface area contributed by atoms with Gasteiger partial charge in [-0.05, 0) is 31.0 Å².